The summed E-state index contributed by atoms with van der Waals surface area (Å²) < 4.78 is 5.57. The molecule has 1 saturated heterocycles. The van der Waals surface area contributed by atoms with Gasteiger partial charge >= 0.3 is 0 Å². The maximum Gasteiger partial charge on any atom is 0.122 e. The zero-order valence-corrected chi connectivity index (χ0v) is 12.4. The molecule has 0 spiro atoms. The Morgan fingerprint density at radius 3 is 2.32 bits per heavy atom. The number of furan rings is 1. The Balaban J connectivity index is 1.98. The van der Waals surface area contributed by atoms with Gasteiger partial charge in [-0.05, 0) is 32.4 Å². The molecule has 1 aromatic rings. The molecule has 0 amide bonds. The number of hydrogen-bond donors (Lipinski definition) is 1. The Hall–Kier alpha value is -0.840. The van der Waals surface area contributed by atoms with Gasteiger partial charge in [0.2, 0.25) is 0 Å². The molecule has 2 heterocycles. The summed E-state index contributed by atoms with van der Waals surface area (Å²) in [5.74, 6) is 0.993. The molecule has 19 heavy (non-hydrogen) atoms. The molecule has 0 bridgehead atoms. The number of nitrogens with two attached hydrogens (primary N) is 1. The topological polar surface area (TPSA) is 45.6 Å². The Morgan fingerprint density at radius 2 is 1.84 bits per heavy atom. The van der Waals surface area contributed by atoms with Crippen molar-refractivity contribution in [3.05, 3.63) is 24.2 Å². The minimum absolute atomic E-state index is 0.0845. The van der Waals surface area contributed by atoms with Gasteiger partial charge in [-0.15, -0.1) is 0 Å². The molecular weight excluding hydrogens is 238 g/mol. The molecule has 0 radical (unpaired) electrons. The number of piperazine rings is 1. The first kappa shape index (κ1) is 14.6. The molecule has 0 aliphatic carbocycles. The van der Waals surface area contributed by atoms with Gasteiger partial charge in [-0.25, -0.2) is 0 Å². The van der Waals surface area contributed by atoms with Crippen molar-refractivity contribution < 1.29 is 4.42 Å². The van der Waals surface area contributed by atoms with Crippen LogP contribution in [0, 0.1) is 0 Å². The molecule has 1 aliphatic rings. The van der Waals surface area contributed by atoms with E-state index in [-0.39, 0.29) is 12.1 Å². The quantitative estimate of drug-likeness (QED) is 0.885. The summed E-state index contributed by atoms with van der Waals surface area (Å²) in [7, 11) is 0. The van der Waals surface area contributed by atoms with Crippen LogP contribution in [0.2, 0.25) is 0 Å². The fraction of sp³-hybridized carbons (Fsp3) is 0.733. The van der Waals surface area contributed by atoms with Crippen LogP contribution in [0.15, 0.2) is 22.8 Å². The molecule has 0 aromatic carbocycles. The lowest BCUT2D eigenvalue weighted by molar-refractivity contribution is 0.0577. The average molecular weight is 265 g/mol. The molecule has 1 fully saturated rings. The molecule has 3 atom stereocenters. The SMILES string of the molecule is CCC(C)N1CCN(C(c2ccco2)C(C)N)CC1. The first-order valence-corrected chi connectivity index (χ1v) is 7.40. The molecule has 0 saturated carbocycles. The van der Waals surface area contributed by atoms with Gasteiger partial charge in [-0.1, -0.05) is 6.92 Å². The zero-order valence-electron chi connectivity index (χ0n) is 12.4. The van der Waals surface area contributed by atoms with Gasteiger partial charge in [0, 0.05) is 38.3 Å². The van der Waals surface area contributed by atoms with Crippen LogP contribution in [0.5, 0.6) is 0 Å². The molecule has 108 valence electrons. The van der Waals surface area contributed by atoms with Crippen molar-refractivity contribution in [2.75, 3.05) is 26.2 Å². The fourth-order valence-electron chi connectivity index (χ4n) is 2.95. The van der Waals surface area contributed by atoms with Gasteiger partial charge < -0.3 is 10.2 Å². The van der Waals surface area contributed by atoms with Gasteiger partial charge in [0.1, 0.15) is 5.76 Å². The number of rotatable bonds is 5. The van der Waals surface area contributed by atoms with Crippen molar-refractivity contribution >= 4 is 0 Å². The summed E-state index contributed by atoms with van der Waals surface area (Å²) >= 11 is 0. The summed E-state index contributed by atoms with van der Waals surface area (Å²) in [5, 5.41) is 0. The van der Waals surface area contributed by atoms with Crippen molar-refractivity contribution in [1.29, 1.82) is 0 Å². The highest BCUT2D eigenvalue weighted by atomic mass is 16.3. The van der Waals surface area contributed by atoms with Gasteiger partial charge in [0.15, 0.2) is 0 Å². The smallest absolute Gasteiger partial charge is 0.122 e. The molecule has 2 rings (SSSR count). The monoisotopic (exact) mass is 265 g/mol. The third-order valence-corrected chi connectivity index (χ3v) is 4.29. The number of hydrogen-bond acceptors (Lipinski definition) is 4. The summed E-state index contributed by atoms with van der Waals surface area (Å²) in [5.41, 5.74) is 6.16. The minimum atomic E-state index is 0.0845. The van der Waals surface area contributed by atoms with Crippen LogP contribution in [0.3, 0.4) is 0 Å². The predicted molar refractivity (Wildman–Crippen MR) is 78.0 cm³/mol. The van der Waals surface area contributed by atoms with Crippen molar-refractivity contribution in [3.63, 3.8) is 0 Å². The minimum Gasteiger partial charge on any atom is -0.468 e. The maximum atomic E-state index is 6.16. The Labute approximate surface area is 116 Å². The Kier molecular flexibility index (Phi) is 5.02. The first-order valence-electron chi connectivity index (χ1n) is 7.40. The molecule has 2 N–H and O–H groups in total. The van der Waals surface area contributed by atoms with Crippen molar-refractivity contribution in [2.24, 2.45) is 5.73 Å². The van der Waals surface area contributed by atoms with E-state index in [1.165, 1.54) is 6.42 Å². The van der Waals surface area contributed by atoms with E-state index in [1.807, 2.05) is 12.1 Å². The summed E-state index contributed by atoms with van der Waals surface area (Å²) in [6.07, 6.45) is 2.95. The molecule has 4 nitrogen and oxygen atoms in total. The van der Waals surface area contributed by atoms with Crippen LogP contribution < -0.4 is 5.73 Å². The van der Waals surface area contributed by atoms with E-state index in [2.05, 4.69) is 30.6 Å². The maximum absolute atomic E-state index is 6.16. The van der Waals surface area contributed by atoms with Crippen LogP contribution in [-0.2, 0) is 0 Å². The molecular formula is C15H27N3O. The van der Waals surface area contributed by atoms with E-state index < -0.39 is 0 Å². The van der Waals surface area contributed by atoms with E-state index in [1.54, 1.807) is 6.26 Å². The third kappa shape index (κ3) is 3.38. The fourth-order valence-corrected chi connectivity index (χ4v) is 2.95. The number of nitrogens with zero attached hydrogens (tertiary/aromatic N) is 2. The molecule has 4 heteroatoms. The Morgan fingerprint density at radius 1 is 1.21 bits per heavy atom. The van der Waals surface area contributed by atoms with E-state index >= 15 is 0 Å². The van der Waals surface area contributed by atoms with E-state index in [4.69, 9.17) is 10.2 Å². The summed E-state index contributed by atoms with van der Waals surface area (Å²) in [4.78, 5) is 5.03. The average Bonchev–Trinajstić information content (AvgIpc) is 2.92. The van der Waals surface area contributed by atoms with Crippen molar-refractivity contribution in [2.45, 2.75) is 45.3 Å². The standard InChI is InChI=1S/C15H27N3O/c1-4-12(2)17-7-9-18(10-8-17)15(13(3)16)14-6-5-11-19-14/h5-6,11-13,15H,4,7-10,16H2,1-3H3. The lowest BCUT2D eigenvalue weighted by atomic mass is 10.0. The van der Waals surface area contributed by atoms with Gasteiger partial charge in [-0.2, -0.15) is 0 Å². The second-order valence-electron chi connectivity index (χ2n) is 5.65. The molecule has 1 aliphatic heterocycles. The second-order valence-corrected chi connectivity index (χ2v) is 5.65. The van der Waals surface area contributed by atoms with E-state index in [0.29, 0.717) is 6.04 Å². The van der Waals surface area contributed by atoms with Gasteiger partial charge in [0.05, 0.1) is 12.3 Å². The Bertz CT molecular complexity index is 355. The van der Waals surface area contributed by atoms with Crippen molar-refractivity contribution in [1.82, 2.24) is 9.80 Å². The van der Waals surface area contributed by atoms with Crippen LogP contribution in [0.25, 0.3) is 0 Å². The predicted octanol–water partition coefficient (Wildman–Crippen LogP) is 2.08. The van der Waals surface area contributed by atoms with Crippen LogP contribution >= 0.6 is 0 Å². The van der Waals surface area contributed by atoms with Crippen LogP contribution in [0.4, 0.5) is 0 Å². The van der Waals surface area contributed by atoms with Crippen molar-refractivity contribution in [3.8, 4) is 0 Å². The normalized spacial score (nSPS) is 23.2. The highest BCUT2D eigenvalue weighted by Gasteiger charge is 2.30. The largest absolute Gasteiger partial charge is 0.468 e. The lowest BCUT2D eigenvalue weighted by Crippen LogP contribution is -2.52. The molecule has 1 aromatic heterocycles. The van der Waals surface area contributed by atoms with E-state index in [9.17, 15) is 0 Å². The zero-order chi connectivity index (χ0) is 13.8. The first-order chi connectivity index (χ1) is 9.13. The summed E-state index contributed by atoms with van der Waals surface area (Å²) in [6, 6.07) is 4.95. The van der Waals surface area contributed by atoms with Crippen LogP contribution in [0.1, 0.15) is 39.0 Å². The van der Waals surface area contributed by atoms with Crippen LogP contribution in [-0.4, -0.2) is 48.1 Å². The van der Waals surface area contributed by atoms with Gasteiger partial charge in [-0.3, -0.25) is 9.80 Å². The van der Waals surface area contributed by atoms with Gasteiger partial charge in [0.25, 0.3) is 0 Å². The molecule has 3 unspecified atom stereocenters. The summed E-state index contributed by atoms with van der Waals surface area (Å²) in [6.45, 7) is 11.0. The highest BCUT2D eigenvalue weighted by Crippen LogP contribution is 2.25. The third-order valence-electron chi connectivity index (χ3n) is 4.29. The van der Waals surface area contributed by atoms with E-state index in [0.717, 1.165) is 31.9 Å². The second kappa shape index (κ2) is 6.55. The lowest BCUT2D eigenvalue weighted by Gasteiger charge is -2.41. The highest BCUT2D eigenvalue weighted by molar-refractivity contribution is 5.08.